The number of pyridine rings is 1. The van der Waals surface area contributed by atoms with Crippen LogP contribution in [0.4, 0.5) is 0 Å². The first kappa shape index (κ1) is 15.5. The molecule has 0 aliphatic rings. The molecule has 4 heteroatoms. The van der Waals surface area contributed by atoms with Crippen LogP contribution in [-0.2, 0) is 12.8 Å². The molecule has 0 amide bonds. The van der Waals surface area contributed by atoms with Crippen molar-refractivity contribution in [2.45, 2.75) is 39.2 Å². The lowest BCUT2D eigenvalue weighted by molar-refractivity contribution is 0.517. The Labute approximate surface area is 130 Å². The van der Waals surface area contributed by atoms with E-state index in [0.29, 0.717) is 0 Å². The quantitative estimate of drug-likeness (QED) is 0.806. The van der Waals surface area contributed by atoms with Gasteiger partial charge in [-0.15, -0.1) is 11.3 Å². The molecule has 20 heavy (non-hydrogen) atoms. The van der Waals surface area contributed by atoms with E-state index in [1.165, 1.54) is 16.1 Å². The van der Waals surface area contributed by atoms with Crippen molar-refractivity contribution in [3.05, 3.63) is 50.9 Å². The van der Waals surface area contributed by atoms with Crippen LogP contribution in [0.1, 0.15) is 42.4 Å². The number of hydrogen-bond acceptors (Lipinski definition) is 3. The Bertz CT molecular complexity index is 539. The zero-order chi connectivity index (χ0) is 14.4. The summed E-state index contributed by atoms with van der Waals surface area (Å²) < 4.78 is 0.853. The molecule has 0 aliphatic carbocycles. The van der Waals surface area contributed by atoms with Crippen molar-refractivity contribution in [2.24, 2.45) is 0 Å². The number of hydrogen-bond donors (Lipinski definition) is 1. The maximum atomic E-state index is 6.04. The number of nitrogens with zero attached hydrogens (tertiary/aromatic N) is 1. The van der Waals surface area contributed by atoms with Gasteiger partial charge >= 0.3 is 0 Å². The first-order valence-corrected chi connectivity index (χ1v) is 8.35. The van der Waals surface area contributed by atoms with Crippen LogP contribution in [0.3, 0.4) is 0 Å². The van der Waals surface area contributed by atoms with Crippen molar-refractivity contribution >= 4 is 22.9 Å². The number of halogens is 1. The topological polar surface area (TPSA) is 24.9 Å². The molecule has 0 saturated heterocycles. The van der Waals surface area contributed by atoms with Gasteiger partial charge in [-0.2, -0.15) is 0 Å². The normalized spacial score (nSPS) is 12.6. The van der Waals surface area contributed by atoms with E-state index in [1.807, 2.05) is 18.3 Å². The van der Waals surface area contributed by atoms with E-state index in [1.54, 1.807) is 11.3 Å². The zero-order valence-electron chi connectivity index (χ0n) is 12.0. The Hall–Kier alpha value is -0.900. The highest BCUT2D eigenvalue weighted by atomic mass is 35.5. The number of nitrogens with one attached hydrogen (secondary N) is 1. The molecule has 1 atom stereocenters. The second-order valence-corrected chi connectivity index (χ2v) is 6.62. The molecule has 2 aromatic heterocycles. The third-order valence-electron chi connectivity index (χ3n) is 3.31. The summed E-state index contributed by atoms with van der Waals surface area (Å²) in [6.07, 6.45) is 4.96. The van der Waals surface area contributed by atoms with Gasteiger partial charge in [0.15, 0.2) is 0 Å². The molecule has 0 aromatic carbocycles. The summed E-state index contributed by atoms with van der Waals surface area (Å²) in [5.41, 5.74) is 2.50. The van der Waals surface area contributed by atoms with Crippen LogP contribution in [0.25, 0.3) is 0 Å². The summed E-state index contributed by atoms with van der Waals surface area (Å²) in [5, 5.41) is 3.62. The number of aryl methyl sites for hydroxylation is 1. The number of rotatable bonds is 7. The zero-order valence-corrected chi connectivity index (χ0v) is 13.6. The molecule has 0 radical (unpaired) electrons. The Morgan fingerprint density at radius 1 is 1.30 bits per heavy atom. The molecule has 0 fully saturated rings. The highest BCUT2D eigenvalue weighted by Crippen LogP contribution is 2.27. The van der Waals surface area contributed by atoms with E-state index in [0.717, 1.165) is 30.1 Å². The predicted octanol–water partition coefficient (Wildman–Crippen LogP) is 4.64. The molecule has 0 bridgehead atoms. The van der Waals surface area contributed by atoms with Gasteiger partial charge in [0.2, 0.25) is 0 Å². The van der Waals surface area contributed by atoms with Gasteiger partial charge in [0.1, 0.15) is 0 Å². The molecule has 2 nitrogen and oxygen atoms in total. The smallest absolute Gasteiger partial charge is 0.0931 e. The lowest BCUT2D eigenvalue weighted by Gasteiger charge is -2.20. The molecular formula is C16H21ClN2S. The first-order chi connectivity index (χ1) is 9.74. The van der Waals surface area contributed by atoms with E-state index < -0.39 is 0 Å². The van der Waals surface area contributed by atoms with Crippen molar-refractivity contribution in [1.29, 1.82) is 0 Å². The van der Waals surface area contributed by atoms with Crippen LogP contribution in [0.15, 0.2) is 30.5 Å². The lowest BCUT2D eigenvalue weighted by atomic mass is 10.0. The van der Waals surface area contributed by atoms with Crippen LogP contribution in [0, 0.1) is 0 Å². The first-order valence-electron chi connectivity index (χ1n) is 7.16. The monoisotopic (exact) mass is 308 g/mol. The molecule has 0 saturated carbocycles. The summed E-state index contributed by atoms with van der Waals surface area (Å²) in [6, 6.07) is 8.53. The Kier molecular flexibility index (Phi) is 6.02. The van der Waals surface area contributed by atoms with Gasteiger partial charge in [-0.3, -0.25) is 4.98 Å². The van der Waals surface area contributed by atoms with Gasteiger partial charge in [0.05, 0.1) is 16.1 Å². The van der Waals surface area contributed by atoms with Gasteiger partial charge < -0.3 is 5.32 Å². The molecule has 108 valence electrons. The van der Waals surface area contributed by atoms with Crippen LogP contribution in [0.2, 0.25) is 4.34 Å². The minimum Gasteiger partial charge on any atom is -0.308 e. The fraction of sp³-hybridized carbons (Fsp3) is 0.438. The van der Waals surface area contributed by atoms with Gasteiger partial charge in [-0.25, -0.2) is 0 Å². The van der Waals surface area contributed by atoms with Crippen molar-refractivity contribution in [1.82, 2.24) is 10.3 Å². The highest BCUT2D eigenvalue weighted by Gasteiger charge is 2.16. The maximum absolute atomic E-state index is 6.04. The van der Waals surface area contributed by atoms with E-state index in [2.05, 4.69) is 36.3 Å². The van der Waals surface area contributed by atoms with Gasteiger partial charge in [-0.1, -0.05) is 31.5 Å². The van der Waals surface area contributed by atoms with Gasteiger partial charge in [0, 0.05) is 17.5 Å². The highest BCUT2D eigenvalue weighted by molar-refractivity contribution is 7.16. The SMILES string of the molecule is CCCNC(Cc1ccc(Cl)s1)c1ncccc1CC. The Balaban J connectivity index is 2.22. The van der Waals surface area contributed by atoms with Crippen LogP contribution in [0.5, 0.6) is 0 Å². The van der Waals surface area contributed by atoms with Gasteiger partial charge in [-0.05, 0) is 43.1 Å². The third-order valence-corrected chi connectivity index (χ3v) is 4.57. The average Bonchev–Trinajstić information content (AvgIpc) is 2.88. The lowest BCUT2D eigenvalue weighted by Crippen LogP contribution is -2.25. The average molecular weight is 309 g/mol. The van der Waals surface area contributed by atoms with E-state index >= 15 is 0 Å². The molecule has 2 heterocycles. The van der Waals surface area contributed by atoms with E-state index in [4.69, 9.17) is 11.6 Å². The summed E-state index contributed by atoms with van der Waals surface area (Å²) in [7, 11) is 0. The molecule has 1 N–H and O–H groups in total. The summed E-state index contributed by atoms with van der Waals surface area (Å²) in [4.78, 5) is 5.92. The summed E-state index contributed by atoms with van der Waals surface area (Å²) in [5.74, 6) is 0. The molecule has 1 unspecified atom stereocenters. The van der Waals surface area contributed by atoms with Crippen LogP contribution in [-0.4, -0.2) is 11.5 Å². The van der Waals surface area contributed by atoms with Crippen LogP contribution >= 0.6 is 22.9 Å². The van der Waals surface area contributed by atoms with Crippen molar-refractivity contribution < 1.29 is 0 Å². The predicted molar refractivity (Wildman–Crippen MR) is 87.7 cm³/mol. The maximum Gasteiger partial charge on any atom is 0.0931 e. The van der Waals surface area contributed by atoms with Crippen molar-refractivity contribution in [2.75, 3.05) is 6.54 Å². The standard InChI is InChI=1S/C16H21ClN2S/c1-3-9-18-14(11-13-7-8-15(17)20-13)16-12(4-2)6-5-10-19-16/h5-8,10,14,18H,3-4,9,11H2,1-2H3. The molecule has 2 aromatic rings. The Morgan fingerprint density at radius 3 is 2.80 bits per heavy atom. The van der Waals surface area contributed by atoms with E-state index in [-0.39, 0.29) is 6.04 Å². The van der Waals surface area contributed by atoms with E-state index in [9.17, 15) is 0 Å². The van der Waals surface area contributed by atoms with Gasteiger partial charge in [0.25, 0.3) is 0 Å². The summed E-state index contributed by atoms with van der Waals surface area (Å²) in [6.45, 7) is 5.37. The largest absolute Gasteiger partial charge is 0.308 e. The number of thiophene rings is 1. The summed E-state index contributed by atoms with van der Waals surface area (Å²) >= 11 is 7.69. The second-order valence-electron chi connectivity index (χ2n) is 4.82. The fourth-order valence-electron chi connectivity index (χ4n) is 2.31. The fourth-order valence-corrected chi connectivity index (χ4v) is 3.44. The third kappa shape index (κ3) is 4.05. The minimum atomic E-state index is 0.265. The second kappa shape index (κ2) is 7.77. The van der Waals surface area contributed by atoms with Crippen LogP contribution < -0.4 is 5.32 Å². The van der Waals surface area contributed by atoms with Crippen molar-refractivity contribution in [3.8, 4) is 0 Å². The number of aromatic nitrogens is 1. The molecule has 0 spiro atoms. The Morgan fingerprint density at radius 2 is 2.15 bits per heavy atom. The van der Waals surface area contributed by atoms with Crippen molar-refractivity contribution in [3.63, 3.8) is 0 Å². The molecular weight excluding hydrogens is 288 g/mol. The molecule has 0 aliphatic heterocycles. The molecule has 2 rings (SSSR count). The minimum absolute atomic E-state index is 0.265.